The molecule has 6 nitrogen and oxygen atoms in total. The van der Waals surface area contributed by atoms with Crippen LogP contribution in [0.5, 0.6) is 11.5 Å². The molecule has 0 bridgehead atoms. The Morgan fingerprint density at radius 1 is 1.12 bits per heavy atom. The van der Waals surface area contributed by atoms with Crippen molar-refractivity contribution in [1.29, 1.82) is 0 Å². The summed E-state index contributed by atoms with van der Waals surface area (Å²) in [6.07, 6.45) is -2.39. The van der Waals surface area contributed by atoms with Crippen LogP contribution in [0.3, 0.4) is 0 Å². The van der Waals surface area contributed by atoms with Crippen LogP contribution in [0.25, 0.3) is 0 Å². The lowest BCUT2D eigenvalue weighted by Crippen LogP contribution is -2.37. The number of hydroxylamine groups is 1. The fraction of sp³-hybridized carbons (Fsp3) is 0.292. The highest BCUT2D eigenvalue weighted by molar-refractivity contribution is 5.99. The number of alkyl halides is 3. The second-order valence-electron chi connectivity index (χ2n) is 7.94. The molecule has 2 heterocycles. The lowest BCUT2D eigenvalue weighted by Gasteiger charge is -2.23. The van der Waals surface area contributed by atoms with Crippen molar-refractivity contribution in [1.82, 2.24) is 15.4 Å². The number of benzene rings is 2. The molecule has 1 aliphatic rings. The van der Waals surface area contributed by atoms with Crippen molar-refractivity contribution in [2.45, 2.75) is 39.4 Å². The summed E-state index contributed by atoms with van der Waals surface area (Å²) in [6, 6.07) is 10.7. The van der Waals surface area contributed by atoms with Crippen molar-refractivity contribution in [2.75, 3.05) is 6.61 Å². The smallest absolute Gasteiger partial charge is 0.416 e. The van der Waals surface area contributed by atoms with Gasteiger partial charge >= 0.3 is 6.18 Å². The van der Waals surface area contributed by atoms with Crippen molar-refractivity contribution in [3.8, 4) is 11.5 Å². The zero-order valence-corrected chi connectivity index (χ0v) is 18.4. The predicted molar refractivity (Wildman–Crippen MR) is 117 cm³/mol. The molecule has 2 aromatic carbocycles. The average Bonchev–Trinajstić information content (AvgIpc) is 2.77. The molecule has 172 valence electrons. The van der Waals surface area contributed by atoms with Crippen molar-refractivity contribution >= 4 is 5.84 Å². The van der Waals surface area contributed by atoms with Gasteiger partial charge in [-0.25, -0.2) is 15.4 Å². The summed E-state index contributed by atoms with van der Waals surface area (Å²) in [6.45, 7) is 6.17. The van der Waals surface area contributed by atoms with Gasteiger partial charge in [0.15, 0.2) is 17.3 Å². The lowest BCUT2D eigenvalue weighted by molar-refractivity contribution is -0.137. The lowest BCUT2D eigenvalue weighted by atomic mass is 9.99. The molecule has 0 radical (unpaired) electrons. The number of aromatic nitrogens is 2. The number of hydrogen-bond donors (Lipinski definition) is 1. The Bertz CT molecular complexity index is 1190. The molecule has 1 aromatic heterocycles. The predicted octanol–water partition coefficient (Wildman–Crippen LogP) is 5.11. The highest BCUT2D eigenvalue weighted by Gasteiger charge is 2.31. The van der Waals surface area contributed by atoms with Crippen molar-refractivity contribution in [3.05, 3.63) is 82.4 Å². The minimum absolute atomic E-state index is 0.0164. The Hall–Kier alpha value is -3.46. The van der Waals surface area contributed by atoms with E-state index in [0.717, 1.165) is 12.1 Å². The first kappa shape index (κ1) is 22.7. The molecule has 0 aliphatic carbocycles. The van der Waals surface area contributed by atoms with Crippen LogP contribution in [0.1, 0.15) is 33.8 Å². The maximum atomic E-state index is 13.1. The van der Waals surface area contributed by atoms with E-state index in [1.807, 2.05) is 6.92 Å². The topological polar surface area (TPSA) is 68.6 Å². The third kappa shape index (κ3) is 5.48. The highest BCUT2D eigenvalue weighted by Crippen LogP contribution is 2.33. The van der Waals surface area contributed by atoms with E-state index in [4.69, 9.17) is 14.6 Å². The molecule has 0 unspecified atom stereocenters. The minimum atomic E-state index is -4.48. The summed E-state index contributed by atoms with van der Waals surface area (Å²) in [5, 5.41) is 0. The molecule has 0 saturated heterocycles. The van der Waals surface area contributed by atoms with Crippen LogP contribution in [-0.4, -0.2) is 28.5 Å². The molecule has 1 aliphatic heterocycles. The normalized spacial score (nSPS) is 16.2. The Morgan fingerprint density at radius 3 is 2.70 bits per heavy atom. The third-order valence-corrected chi connectivity index (χ3v) is 5.20. The maximum Gasteiger partial charge on any atom is 0.416 e. The van der Waals surface area contributed by atoms with Gasteiger partial charge in [-0.15, -0.1) is 0 Å². The molecule has 1 atom stereocenters. The van der Waals surface area contributed by atoms with Gasteiger partial charge < -0.3 is 4.74 Å². The second kappa shape index (κ2) is 9.19. The van der Waals surface area contributed by atoms with Crippen LogP contribution in [0.4, 0.5) is 13.2 Å². The van der Waals surface area contributed by atoms with Crippen LogP contribution in [0.2, 0.25) is 0 Å². The summed E-state index contributed by atoms with van der Waals surface area (Å²) < 4.78 is 45.0. The Kier molecular flexibility index (Phi) is 6.33. The van der Waals surface area contributed by atoms with Crippen LogP contribution in [-0.2, 0) is 17.4 Å². The fourth-order valence-corrected chi connectivity index (χ4v) is 3.56. The minimum Gasteiger partial charge on any atom is -0.453 e. The van der Waals surface area contributed by atoms with Gasteiger partial charge in [0.2, 0.25) is 0 Å². The first-order valence-corrected chi connectivity index (χ1v) is 10.4. The third-order valence-electron chi connectivity index (χ3n) is 5.20. The van der Waals surface area contributed by atoms with E-state index in [9.17, 15) is 13.2 Å². The summed E-state index contributed by atoms with van der Waals surface area (Å²) in [4.78, 5) is 18.8. The summed E-state index contributed by atoms with van der Waals surface area (Å²) >= 11 is 0. The van der Waals surface area contributed by atoms with Crippen molar-refractivity contribution in [2.24, 2.45) is 4.99 Å². The molecular weight excluding hydrogens is 433 g/mol. The molecule has 1 N–H and O–H groups in total. The van der Waals surface area contributed by atoms with Crippen molar-refractivity contribution in [3.63, 3.8) is 0 Å². The Morgan fingerprint density at radius 2 is 1.94 bits per heavy atom. The number of aryl methyl sites for hydroxylation is 3. The summed E-state index contributed by atoms with van der Waals surface area (Å²) in [7, 11) is 0. The van der Waals surface area contributed by atoms with E-state index >= 15 is 0 Å². The SMILES string of the molecule is Cc1ccc(C[C@@H]2CONC(c3nc(C)ncc3Oc3cccc(C(F)(F)F)c3)=N2)c(C)c1. The van der Waals surface area contributed by atoms with Crippen LogP contribution in [0.15, 0.2) is 53.7 Å². The average molecular weight is 456 g/mol. The number of hydrogen-bond acceptors (Lipinski definition) is 6. The van der Waals surface area contributed by atoms with E-state index in [1.165, 1.54) is 35.0 Å². The molecule has 33 heavy (non-hydrogen) atoms. The van der Waals surface area contributed by atoms with E-state index in [-0.39, 0.29) is 17.5 Å². The van der Waals surface area contributed by atoms with Gasteiger partial charge in [0, 0.05) is 0 Å². The standard InChI is InChI=1S/C24H23F3N4O2/c1-14-7-8-17(15(2)9-14)10-19-13-32-31-23(30-19)22-21(12-28-16(3)29-22)33-20-6-4-5-18(11-20)24(25,26)27/h4-9,11-12,19H,10,13H2,1-3H3,(H,30,31)/t19-/m1/s1. The highest BCUT2D eigenvalue weighted by atomic mass is 19.4. The number of rotatable bonds is 5. The Balaban J connectivity index is 1.62. The first-order valence-electron chi connectivity index (χ1n) is 10.4. The van der Waals surface area contributed by atoms with Gasteiger partial charge in [-0.2, -0.15) is 13.2 Å². The van der Waals surface area contributed by atoms with Gasteiger partial charge in [0.25, 0.3) is 0 Å². The summed E-state index contributed by atoms with van der Waals surface area (Å²) in [5.74, 6) is 0.982. The number of halogens is 3. The van der Waals surface area contributed by atoms with Crippen LogP contribution >= 0.6 is 0 Å². The largest absolute Gasteiger partial charge is 0.453 e. The van der Waals surface area contributed by atoms with Crippen molar-refractivity contribution < 1.29 is 22.7 Å². The molecule has 0 amide bonds. The Labute approximate surface area is 189 Å². The van der Waals surface area contributed by atoms with Gasteiger partial charge in [-0.3, -0.25) is 9.83 Å². The van der Waals surface area contributed by atoms with Crippen LogP contribution < -0.4 is 10.2 Å². The molecule has 4 rings (SSSR count). The van der Waals surface area contributed by atoms with Crippen LogP contribution in [0, 0.1) is 20.8 Å². The quantitative estimate of drug-likeness (QED) is 0.578. The van der Waals surface area contributed by atoms with E-state index in [0.29, 0.717) is 30.4 Å². The van der Waals surface area contributed by atoms with Gasteiger partial charge in [0.1, 0.15) is 11.6 Å². The van der Waals surface area contributed by atoms with Gasteiger partial charge in [-0.05, 0) is 56.5 Å². The molecule has 0 fully saturated rings. The zero-order valence-electron chi connectivity index (χ0n) is 18.4. The van der Waals surface area contributed by atoms with Gasteiger partial charge in [-0.1, -0.05) is 29.8 Å². The van der Waals surface area contributed by atoms with Gasteiger partial charge in [0.05, 0.1) is 24.4 Å². The first-order chi connectivity index (χ1) is 15.7. The van der Waals surface area contributed by atoms with E-state index in [1.54, 1.807) is 6.92 Å². The number of nitrogens with one attached hydrogen (secondary N) is 1. The summed E-state index contributed by atoms with van der Waals surface area (Å²) in [5.41, 5.74) is 5.80. The molecule has 0 spiro atoms. The zero-order chi connectivity index (χ0) is 23.6. The molecule has 0 saturated carbocycles. The molecular formula is C24H23F3N4O2. The molecule has 3 aromatic rings. The van der Waals surface area contributed by atoms with E-state index < -0.39 is 11.7 Å². The second-order valence-corrected chi connectivity index (χ2v) is 7.94. The number of aliphatic imine (C=N–C) groups is 1. The number of amidine groups is 1. The van der Waals surface area contributed by atoms with E-state index in [2.05, 4.69) is 40.6 Å². The fourth-order valence-electron chi connectivity index (χ4n) is 3.56. The monoisotopic (exact) mass is 456 g/mol. The maximum absolute atomic E-state index is 13.1. The number of ether oxygens (including phenoxy) is 1. The molecule has 9 heteroatoms. The number of nitrogens with zero attached hydrogens (tertiary/aromatic N) is 3.